The predicted octanol–water partition coefficient (Wildman–Crippen LogP) is 0.162. The SMILES string of the molecule is CCOC(=O)C1=C(C=O)C(=CCN2C=CNC2N2CN=C3C(=O)N=C(N)N=C32)c2c(c(CO)c3c(c2OC)C2C=CCC(C)(O)C2O3)O1. The number of fused-ring (bicyclic) bond motifs is 5. The maximum absolute atomic E-state index is 13.2. The lowest BCUT2D eigenvalue weighted by atomic mass is 9.77. The minimum Gasteiger partial charge on any atom is -0.496 e. The van der Waals surface area contributed by atoms with E-state index >= 15 is 0 Å². The third kappa shape index (κ3) is 4.66. The Morgan fingerprint density at radius 1 is 1.31 bits per heavy atom. The topological polar surface area (TPSA) is 210 Å². The molecule has 5 heterocycles. The number of guanidine groups is 1. The molecular weight excluding hydrogens is 626 g/mol. The van der Waals surface area contributed by atoms with E-state index in [0.29, 0.717) is 29.6 Å². The molecule has 0 bridgehead atoms. The number of esters is 1. The Kier molecular flexibility index (Phi) is 7.55. The fourth-order valence-corrected chi connectivity index (χ4v) is 6.84. The number of aliphatic hydroxyl groups is 2. The number of ether oxygens (including phenoxy) is 4. The van der Waals surface area contributed by atoms with Crippen LogP contribution in [0.5, 0.6) is 17.2 Å². The highest BCUT2D eigenvalue weighted by Gasteiger charge is 2.51. The molecule has 5 N–H and O–H groups in total. The van der Waals surface area contributed by atoms with Crippen LogP contribution < -0.4 is 25.3 Å². The molecule has 4 atom stereocenters. The minimum atomic E-state index is -1.23. The van der Waals surface area contributed by atoms with Crippen LogP contribution in [-0.2, 0) is 25.7 Å². The molecule has 250 valence electrons. The number of allylic oxidation sites excluding steroid dienone is 2. The first-order chi connectivity index (χ1) is 23.1. The van der Waals surface area contributed by atoms with Crippen LogP contribution in [0.15, 0.2) is 56.9 Å². The van der Waals surface area contributed by atoms with E-state index in [2.05, 4.69) is 20.3 Å². The van der Waals surface area contributed by atoms with Gasteiger partial charge in [0.25, 0.3) is 0 Å². The van der Waals surface area contributed by atoms with Crippen molar-refractivity contribution in [2.75, 3.05) is 26.9 Å². The number of amidine groups is 1. The molecule has 1 amide bonds. The molecule has 48 heavy (non-hydrogen) atoms. The van der Waals surface area contributed by atoms with Crippen molar-refractivity contribution in [2.24, 2.45) is 20.7 Å². The van der Waals surface area contributed by atoms with E-state index in [1.54, 1.807) is 37.2 Å². The van der Waals surface area contributed by atoms with Crippen molar-refractivity contribution in [2.45, 2.75) is 50.8 Å². The second kappa shape index (κ2) is 11.6. The second-order valence-electron chi connectivity index (χ2n) is 11.9. The fourth-order valence-electron chi connectivity index (χ4n) is 6.84. The van der Waals surface area contributed by atoms with Crippen LogP contribution in [0.1, 0.15) is 42.9 Å². The van der Waals surface area contributed by atoms with Crippen LogP contribution in [-0.4, -0.2) is 101 Å². The summed E-state index contributed by atoms with van der Waals surface area (Å²) in [6, 6.07) is 0. The van der Waals surface area contributed by atoms with E-state index in [4.69, 9.17) is 24.7 Å². The number of benzene rings is 1. The number of amides is 1. The number of carbonyl (C=O) groups excluding carboxylic acids is 3. The standard InChI is InChI=1S/C32H33N7O9/c1-4-46-29(43)24-17(12-40)15(7-10-38-11-9-34-31(38)39-14-35-21-27(39)36-30(33)37-28(21)42)19-22(47-24)18(13-41)23-20(25(19)45-3)16-6-5-8-32(2,44)26(16)48-23/h5-7,9,11-12,16,26,31,34,41,44H,4,8,10,13-14H2,1-3H3,(H2,33,37,42). The quantitative estimate of drug-likeness (QED) is 0.167. The summed E-state index contributed by atoms with van der Waals surface area (Å²) in [7, 11) is 1.46. The zero-order valence-corrected chi connectivity index (χ0v) is 26.3. The number of hydrogen-bond acceptors (Lipinski definition) is 15. The van der Waals surface area contributed by atoms with E-state index in [-0.39, 0.29) is 71.3 Å². The molecule has 0 fully saturated rings. The predicted molar refractivity (Wildman–Crippen MR) is 170 cm³/mol. The Morgan fingerprint density at radius 3 is 2.85 bits per heavy atom. The second-order valence-corrected chi connectivity index (χ2v) is 11.9. The summed E-state index contributed by atoms with van der Waals surface area (Å²) in [5.74, 6) is -1.53. The molecule has 16 heteroatoms. The highest BCUT2D eigenvalue weighted by Crippen LogP contribution is 2.59. The smallest absolute Gasteiger partial charge is 0.375 e. The number of aldehydes is 1. The highest BCUT2D eigenvalue weighted by atomic mass is 16.6. The Hall–Kier alpha value is -5.48. The first-order valence-electron chi connectivity index (χ1n) is 15.3. The van der Waals surface area contributed by atoms with Crippen molar-refractivity contribution < 1.29 is 43.5 Å². The molecule has 7 rings (SSSR count). The van der Waals surface area contributed by atoms with Gasteiger partial charge in [-0.3, -0.25) is 19.5 Å². The van der Waals surface area contributed by atoms with E-state index < -0.39 is 42.4 Å². The summed E-state index contributed by atoms with van der Waals surface area (Å²) in [4.78, 5) is 54.2. The Bertz CT molecular complexity index is 1860. The molecule has 16 nitrogen and oxygen atoms in total. The first kappa shape index (κ1) is 31.1. The van der Waals surface area contributed by atoms with Crippen LogP contribution in [0.25, 0.3) is 5.57 Å². The molecular formula is C32H33N7O9. The maximum atomic E-state index is 13.2. The van der Waals surface area contributed by atoms with E-state index in [9.17, 15) is 24.6 Å². The van der Waals surface area contributed by atoms with Crippen LogP contribution in [0.3, 0.4) is 0 Å². The van der Waals surface area contributed by atoms with Crippen molar-refractivity contribution in [3.8, 4) is 17.2 Å². The van der Waals surface area contributed by atoms with Gasteiger partial charge in [-0.15, -0.1) is 0 Å². The molecule has 0 saturated heterocycles. The molecule has 1 aromatic rings. The Labute approximate surface area is 274 Å². The molecule has 5 aliphatic heterocycles. The van der Waals surface area contributed by atoms with Crippen molar-refractivity contribution in [3.05, 3.63) is 58.7 Å². The third-order valence-corrected chi connectivity index (χ3v) is 8.96. The fraction of sp³-hybridized carbons (Fsp3) is 0.375. The van der Waals surface area contributed by atoms with E-state index in [1.807, 2.05) is 17.1 Å². The molecule has 0 radical (unpaired) electrons. The van der Waals surface area contributed by atoms with Gasteiger partial charge in [-0.05, 0) is 20.3 Å². The summed E-state index contributed by atoms with van der Waals surface area (Å²) in [6.07, 6.45) is 8.60. The molecule has 4 unspecified atom stereocenters. The summed E-state index contributed by atoms with van der Waals surface area (Å²) in [6.45, 7) is 3.03. The van der Waals surface area contributed by atoms with Crippen molar-refractivity contribution >= 4 is 41.2 Å². The van der Waals surface area contributed by atoms with Crippen LogP contribution in [0, 0.1) is 0 Å². The van der Waals surface area contributed by atoms with Gasteiger partial charge in [0.15, 0.2) is 24.1 Å². The number of nitrogens with two attached hydrogens (primary N) is 1. The first-order valence-corrected chi connectivity index (χ1v) is 15.3. The van der Waals surface area contributed by atoms with Crippen molar-refractivity contribution in [1.82, 2.24) is 15.1 Å². The zero-order chi connectivity index (χ0) is 33.9. The molecule has 0 spiro atoms. The van der Waals surface area contributed by atoms with Gasteiger partial charge in [0.05, 0.1) is 37.0 Å². The largest absolute Gasteiger partial charge is 0.496 e. The number of methoxy groups -OCH3 is 1. The number of carbonyl (C=O) groups is 3. The summed E-state index contributed by atoms with van der Waals surface area (Å²) >= 11 is 0. The summed E-state index contributed by atoms with van der Waals surface area (Å²) < 4.78 is 23.7. The Morgan fingerprint density at radius 2 is 2.12 bits per heavy atom. The summed E-state index contributed by atoms with van der Waals surface area (Å²) in [5.41, 5.74) is 5.96. The van der Waals surface area contributed by atoms with Crippen LogP contribution >= 0.6 is 0 Å². The normalized spacial score (nSPS) is 27.3. The molecule has 1 aromatic carbocycles. The van der Waals surface area contributed by atoms with Gasteiger partial charge in [-0.2, -0.15) is 9.98 Å². The lowest BCUT2D eigenvalue weighted by molar-refractivity contribution is -0.141. The number of nitrogens with one attached hydrogen (secondary N) is 1. The monoisotopic (exact) mass is 659 g/mol. The van der Waals surface area contributed by atoms with Gasteiger partial charge in [0.1, 0.15) is 35.6 Å². The van der Waals surface area contributed by atoms with Gasteiger partial charge in [0, 0.05) is 36.0 Å². The van der Waals surface area contributed by atoms with Gasteiger partial charge < -0.3 is 45.1 Å². The highest BCUT2D eigenvalue weighted by molar-refractivity contribution is 6.69. The lowest BCUT2D eigenvalue weighted by Gasteiger charge is -2.34. The number of nitrogens with zero attached hydrogens (tertiary/aromatic N) is 5. The molecule has 6 aliphatic rings. The van der Waals surface area contributed by atoms with Crippen LogP contribution in [0.4, 0.5) is 0 Å². The van der Waals surface area contributed by atoms with Gasteiger partial charge in [-0.25, -0.2) is 4.79 Å². The maximum Gasteiger partial charge on any atom is 0.375 e. The average molecular weight is 660 g/mol. The van der Waals surface area contributed by atoms with E-state index in [0.717, 1.165) is 0 Å². The van der Waals surface area contributed by atoms with Gasteiger partial charge in [-0.1, -0.05) is 18.2 Å². The number of rotatable bonds is 8. The van der Waals surface area contributed by atoms with Gasteiger partial charge in [0.2, 0.25) is 11.7 Å². The number of aliphatic hydroxyl groups excluding tert-OH is 1. The third-order valence-electron chi connectivity index (χ3n) is 8.96. The molecule has 1 aliphatic carbocycles. The number of hydrogen-bond donors (Lipinski definition) is 4. The van der Waals surface area contributed by atoms with Crippen LogP contribution in [0.2, 0.25) is 0 Å². The number of aliphatic imine (C=N–C) groups is 3. The van der Waals surface area contributed by atoms with Crippen molar-refractivity contribution in [1.29, 1.82) is 0 Å². The Balaban J connectivity index is 1.35. The average Bonchev–Trinajstić information content (AvgIpc) is 3.79. The molecule has 0 aromatic heterocycles. The van der Waals surface area contributed by atoms with Crippen molar-refractivity contribution in [3.63, 3.8) is 0 Å². The van der Waals surface area contributed by atoms with E-state index in [1.165, 1.54) is 7.11 Å². The zero-order valence-electron chi connectivity index (χ0n) is 26.3. The lowest BCUT2D eigenvalue weighted by Crippen LogP contribution is -2.53. The summed E-state index contributed by atoms with van der Waals surface area (Å²) in [5, 5.41) is 25.2. The molecule has 0 saturated carbocycles. The van der Waals surface area contributed by atoms with Gasteiger partial charge >= 0.3 is 11.9 Å². The minimum absolute atomic E-state index is 0.0193.